The summed E-state index contributed by atoms with van der Waals surface area (Å²) in [5.74, 6) is -0.691. The summed E-state index contributed by atoms with van der Waals surface area (Å²) in [4.78, 5) is 21.8. The zero-order valence-electron chi connectivity index (χ0n) is 20.4. The van der Waals surface area contributed by atoms with E-state index >= 15 is 0 Å². The van der Waals surface area contributed by atoms with E-state index in [0.717, 1.165) is 24.9 Å². The van der Waals surface area contributed by atoms with Gasteiger partial charge in [0.1, 0.15) is 5.52 Å². The van der Waals surface area contributed by atoms with Gasteiger partial charge in [-0.1, -0.05) is 48.9 Å². The van der Waals surface area contributed by atoms with Gasteiger partial charge in [-0.2, -0.15) is 0 Å². The zero-order chi connectivity index (χ0) is 25.8. The Kier molecular flexibility index (Phi) is 8.68. The fourth-order valence-electron chi connectivity index (χ4n) is 3.65. The maximum absolute atomic E-state index is 13.3. The maximum Gasteiger partial charge on any atom is 0.229 e. The summed E-state index contributed by atoms with van der Waals surface area (Å²) in [6, 6.07) is 11.5. The van der Waals surface area contributed by atoms with Gasteiger partial charge in [0.25, 0.3) is 0 Å². The van der Waals surface area contributed by atoms with E-state index < -0.39 is 19.7 Å². The van der Waals surface area contributed by atoms with Crippen LogP contribution in [0, 0.1) is 6.92 Å². The van der Waals surface area contributed by atoms with Crippen LogP contribution in [-0.2, 0) is 24.5 Å². The summed E-state index contributed by atoms with van der Waals surface area (Å²) in [6.45, 7) is 8.44. The molecule has 0 N–H and O–H groups in total. The SMILES string of the molecule is CCN(CC)CCN(C(=O)CCS(=O)(=O)c1ccc(C)cc1)c1nc2c(S(C)(=O)=O)cccc2s1. The highest BCUT2D eigenvalue weighted by Gasteiger charge is 2.25. The van der Waals surface area contributed by atoms with Crippen LogP contribution in [0.15, 0.2) is 52.3 Å². The minimum atomic E-state index is -3.63. The maximum atomic E-state index is 13.3. The highest BCUT2D eigenvalue weighted by Crippen LogP contribution is 2.33. The van der Waals surface area contributed by atoms with Crippen LogP contribution in [0.4, 0.5) is 5.13 Å². The Morgan fingerprint density at radius 3 is 2.23 bits per heavy atom. The van der Waals surface area contributed by atoms with Crippen molar-refractivity contribution < 1.29 is 21.6 Å². The number of benzene rings is 2. The number of carbonyl (C=O) groups excluding carboxylic acids is 1. The van der Waals surface area contributed by atoms with Crippen molar-refractivity contribution in [2.75, 3.05) is 43.1 Å². The molecule has 0 aliphatic rings. The Hall–Kier alpha value is -2.34. The third-order valence-electron chi connectivity index (χ3n) is 5.80. The Balaban J connectivity index is 1.91. The van der Waals surface area contributed by atoms with Crippen molar-refractivity contribution in [2.45, 2.75) is 37.0 Å². The molecule has 0 atom stereocenters. The Morgan fingerprint density at radius 2 is 1.63 bits per heavy atom. The number of nitrogens with zero attached hydrogens (tertiary/aromatic N) is 3. The molecule has 35 heavy (non-hydrogen) atoms. The normalized spacial score (nSPS) is 12.4. The molecule has 0 bridgehead atoms. The summed E-state index contributed by atoms with van der Waals surface area (Å²) >= 11 is 1.22. The number of aromatic nitrogens is 1. The van der Waals surface area contributed by atoms with Gasteiger partial charge in [0, 0.05) is 25.8 Å². The number of aryl methyl sites for hydroxylation is 1. The van der Waals surface area contributed by atoms with Gasteiger partial charge in [-0.3, -0.25) is 9.69 Å². The summed E-state index contributed by atoms with van der Waals surface area (Å²) in [6.07, 6.45) is 0.920. The predicted octanol–water partition coefficient (Wildman–Crippen LogP) is 3.55. The topological polar surface area (TPSA) is 105 Å². The molecule has 0 unspecified atom stereocenters. The van der Waals surface area contributed by atoms with Crippen molar-refractivity contribution in [3.8, 4) is 0 Å². The quantitative estimate of drug-likeness (QED) is 0.368. The summed E-state index contributed by atoms with van der Waals surface area (Å²) in [7, 11) is -7.14. The van der Waals surface area contributed by atoms with Gasteiger partial charge in [0.15, 0.2) is 24.8 Å². The van der Waals surface area contributed by atoms with Gasteiger partial charge in [0.2, 0.25) is 5.91 Å². The van der Waals surface area contributed by atoms with Crippen molar-refractivity contribution in [3.05, 3.63) is 48.0 Å². The van der Waals surface area contributed by atoms with Gasteiger partial charge < -0.3 is 4.90 Å². The summed E-state index contributed by atoms with van der Waals surface area (Å²) in [5, 5.41) is 0.362. The summed E-state index contributed by atoms with van der Waals surface area (Å²) in [5.41, 5.74) is 1.27. The standard InChI is InChI=1S/C24H31N3O5S3/c1-5-26(6-2)15-16-27(22(28)14-17-35(31,32)19-12-10-18(3)11-13-19)24-25-23-20(33-24)8-7-9-21(23)34(4,29)30/h7-13H,5-6,14-17H2,1-4H3. The van der Waals surface area contributed by atoms with E-state index in [9.17, 15) is 21.6 Å². The first-order chi connectivity index (χ1) is 16.5. The highest BCUT2D eigenvalue weighted by molar-refractivity contribution is 7.91. The molecule has 1 heterocycles. The van der Waals surface area contributed by atoms with E-state index in [-0.39, 0.29) is 27.9 Å². The second kappa shape index (κ2) is 11.2. The molecule has 1 amide bonds. The van der Waals surface area contributed by atoms with Gasteiger partial charge >= 0.3 is 0 Å². The smallest absolute Gasteiger partial charge is 0.229 e. The predicted molar refractivity (Wildman–Crippen MR) is 141 cm³/mol. The molecule has 0 radical (unpaired) electrons. The van der Waals surface area contributed by atoms with Crippen LogP contribution >= 0.6 is 11.3 Å². The Morgan fingerprint density at radius 1 is 0.971 bits per heavy atom. The van der Waals surface area contributed by atoms with Crippen molar-refractivity contribution in [2.24, 2.45) is 0 Å². The van der Waals surface area contributed by atoms with E-state index in [0.29, 0.717) is 28.4 Å². The number of fused-ring (bicyclic) bond motifs is 1. The van der Waals surface area contributed by atoms with Crippen molar-refractivity contribution in [1.29, 1.82) is 0 Å². The minimum Gasteiger partial charge on any atom is -0.302 e. The van der Waals surface area contributed by atoms with Gasteiger partial charge in [-0.05, 0) is 44.3 Å². The average Bonchev–Trinajstić information content (AvgIpc) is 3.24. The van der Waals surface area contributed by atoms with Crippen molar-refractivity contribution >= 4 is 52.3 Å². The van der Waals surface area contributed by atoms with Crippen LogP contribution in [0.2, 0.25) is 0 Å². The number of anilines is 1. The number of hydrogen-bond donors (Lipinski definition) is 0. The monoisotopic (exact) mass is 537 g/mol. The van der Waals surface area contributed by atoms with Crippen LogP contribution in [-0.4, -0.2) is 70.8 Å². The van der Waals surface area contributed by atoms with Crippen LogP contribution in [0.25, 0.3) is 10.2 Å². The third-order valence-corrected chi connectivity index (χ3v) is 9.71. The first kappa shape index (κ1) is 27.3. The molecule has 3 aromatic rings. The number of para-hydroxylation sites is 1. The summed E-state index contributed by atoms with van der Waals surface area (Å²) < 4.78 is 50.7. The van der Waals surface area contributed by atoms with E-state index in [1.165, 1.54) is 22.3 Å². The number of amides is 1. The molecule has 0 aliphatic heterocycles. The molecular formula is C24H31N3O5S3. The lowest BCUT2D eigenvalue weighted by Crippen LogP contribution is -2.39. The number of sulfone groups is 2. The molecule has 1 aromatic heterocycles. The molecule has 8 nitrogen and oxygen atoms in total. The Labute approximate surface area is 211 Å². The second-order valence-corrected chi connectivity index (χ2v) is 13.4. The van der Waals surface area contributed by atoms with E-state index in [1.54, 1.807) is 36.4 Å². The molecule has 0 saturated heterocycles. The van der Waals surface area contributed by atoms with Crippen LogP contribution in [0.3, 0.4) is 0 Å². The molecule has 11 heteroatoms. The largest absolute Gasteiger partial charge is 0.302 e. The molecule has 2 aromatic carbocycles. The number of rotatable bonds is 11. The average molecular weight is 538 g/mol. The van der Waals surface area contributed by atoms with Crippen molar-refractivity contribution in [3.63, 3.8) is 0 Å². The number of likely N-dealkylation sites (N-methyl/N-ethyl adjacent to an activating group) is 1. The fraction of sp³-hybridized carbons (Fsp3) is 0.417. The molecule has 3 rings (SSSR count). The third kappa shape index (κ3) is 6.66. The van der Waals surface area contributed by atoms with Crippen LogP contribution in [0.1, 0.15) is 25.8 Å². The lowest BCUT2D eigenvalue weighted by molar-refractivity contribution is -0.118. The lowest BCUT2D eigenvalue weighted by atomic mass is 10.2. The molecule has 0 saturated carbocycles. The second-order valence-electron chi connectivity index (χ2n) is 8.33. The van der Waals surface area contributed by atoms with E-state index in [4.69, 9.17) is 0 Å². The zero-order valence-corrected chi connectivity index (χ0v) is 22.8. The van der Waals surface area contributed by atoms with Gasteiger partial charge in [0.05, 0.1) is 20.2 Å². The number of carbonyl (C=O) groups is 1. The molecule has 0 spiro atoms. The van der Waals surface area contributed by atoms with Crippen molar-refractivity contribution in [1.82, 2.24) is 9.88 Å². The van der Waals surface area contributed by atoms with Crippen LogP contribution in [0.5, 0.6) is 0 Å². The minimum absolute atomic E-state index is 0.107. The van der Waals surface area contributed by atoms with Gasteiger partial charge in [-0.15, -0.1) is 0 Å². The number of thiazole rings is 1. The fourth-order valence-corrected chi connectivity index (χ4v) is 6.82. The molecule has 0 aliphatic carbocycles. The molecule has 190 valence electrons. The molecule has 0 fully saturated rings. The Bertz CT molecular complexity index is 1390. The first-order valence-corrected chi connectivity index (χ1v) is 15.7. The van der Waals surface area contributed by atoms with Crippen LogP contribution < -0.4 is 4.90 Å². The van der Waals surface area contributed by atoms with E-state index in [2.05, 4.69) is 9.88 Å². The molecular weight excluding hydrogens is 506 g/mol. The first-order valence-electron chi connectivity index (χ1n) is 11.4. The number of hydrogen-bond acceptors (Lipinski definition) is 8. The van der Waals surface area contributed by atoms with E-state index in [1.807, 2.05) is 20.8 Å². The lowest BCUT2D eigenvalue weighted by Gasteiger charge is -2.24. The highest BCUT2D eigenvalue weighted by atomic mass is 32.2. The van der Waals surface area contributed by atoms with Gasteiger partial charge in [-0.25, -0.2) is 21.8 Å².